The molecule has 184 valence electrons. The summed E-state index contributed by atoms with van der Waals surface area (Å²) in [5.74, 6) is 0.605. The van der Waals surface area contributed by atoms with Gasteiger partial charge in [0.25, 0.3) is 0 Å². The number of anilines is 2. The van der Waals surface area contributed by atoms with Crippen molar-refractivity contribution in [2.24, 2.45) is 0 Å². The second-order valence-electron chi connectivity index (χ2n) is 9.79. The molecule has 4 aromatic rings. The number of nitrogens with one attached hydrogen (secondary N) is 3. The smallest absolute Gasteiger partial charge is 0.319 e. The number of urea groups is 1. The Labute approximate surface area is 209 Å². The number of benzene rings is 2. The van der Waals surface area contributed by atoms with E-state index in [0.29, 0.717) is 11.5 Å². The van der Waals surface area contributed by atoms with Crippen LogP contribution in [0.2, 0.25) is 0 Å². The van der Waals surface area contributed by atoms with Crippen LogP contribution in [0, 0.1) is 0 Å². The first-order valence-electron chi connectivity index (χ1n) is 12.5. The third-order valence-corrected chi connectivity index (χ3v) is 7.64. The number of nitrogens with two attached hydrogens (primary N) is 1. The van der Waals surface area contributed by atoms with Crippen molar-refractivity contribution in [3.8, 4) is 0 Å². The van der Waals surface area contributed by atoms with E-state index in [9.17, 15) is 4.79 Å². The minimum absolute atomic E-state index is 0.108. The lowest BCUT2D eigenvalue weighted by Gasteiger charge is -2.45. The van der Waals surface area contributed by atoms with Gasteiger partial charge in [-0.1, -0.05) is 48.5 Å². The van der Waals surface area contributed by atoms with Crippen LogP contribution in [-0.4, -0.2) is 51.0 Å². The molecule has 2 aromatic heterocycles. The molecule has 9 heteroatoms. The van der Waals surface area contributed by atoms with Gasteiger partial charge in [0.1, 0.15) is 11.3 Å². The van der Waals surface area contributed by atoms with Gasteiger partial charge in [0.05, 0.1) is 5.54 Å². The fraction of sp³-hybridized carbons (Fsp3) is 0.333. The van der Waals surface area contributed by atoms with Gasteiger partial charge in [0.15, 0.2) is 0 Å². The molecule has 0 saturated carbocycles. The Morgan fingerprint density at radius 1 is 1.03 bits per heavy atom. The Morgan fingerprint density at radius 3 is 2.64 bits per heavy atom. The minimum atomic E-state index is -0.283. The zero-order valence-corrected chi connectivity index (χ0v) is 20.1. The highest BCUT2D eigenvalue weighted by Gasteiger charge is 2.41. The molecule has 0 radical (unpaired) electrons. The first kappa shape index (κ1) is 22.5. The number of aromatic nitrogens is 4. The van der Waals surface area contributed by atoms with Crippen molar-refractivity contribution < 1.29 is 4.79 Å². The Morgan fingerprint density at radius 2 is 1.81 bits per heavy atom. The maximum absolute atomic E-state index is 12.3. The predicted octanol–water partition coefficient (Wildman–Crippen LogP) is 3.97. The van der Waals surface area contributed by atoms with Crippen LogP contribution in [0.4, 0.5) is 16.3 Å². The first-order chi connectivity index (χ1) is 17.6. The SMILES string of the molecule is Nc1cc([C@H](CCCN2CCC3(CC2)NC(=O)Nc2ccccc23)c2ccccc2)c2n[nH]nc2n1. The molecule has 0 aliphatic carbocycles. The van der Waals surface area contributed by atoms with Gasteiger partial charge in [0.2, 0.25) is 5.65 Å². The summed E-state index contributed by atoms with van der Waals surface area (Å²) >= 11 is 0. The minimum Gasteiger partial charge on any atom is -0.384 e. The van der Waals surface area contributed by atoms with E-state index in [1.165, 1.54) is 11.1 Å². The molecule has 2 aliphatic heterocycles. The number of carbonyl (C=O) groups is 1. The van der Waals surface area contributed by atoms with Crippen LogP contribution < -0.4 is 16.4 Å². The number of piperidine rings is 1. The molecule has 6 rings (SSSR count). The average molecular weight is 483 g/mol. The number of rotatable bonds is 6. The van der Waals surface area contributed by atoms with Crippen LogP contribution in [0.1, 0.15) is 48.3 Å². The second-order valence-corrected chi connectivity index (χ2v) is 9.79. The van der Waals surface area contributed by atoms with Crippen LogP contribution >= 0.6 is 0 Å². The molecule has 0 bridgehead atoms. The fourth-order valence-electron chi connectivity index (χ4n) is 5.85. The van der Waals surface area contributed by atoms with Crippen LogP contribution in [-0.2, 0) is 5.54 Å². The van der Waals surface area contributed by atoms with Crippen molar-refractivity contribution >= 4 is 28.7 Å². The zero-order valence-electron chi connectivity index (χ0n) is 20.1. The summed E-state index contributed by atoms with van der Waals surface area (Å²) in [5.41, 5.74) is 11.6. The van der Waals surface area contributed by atoms with E-state index in [-0.39, 0.29) is 17.5 Å². The molecule has 1 atom stereocenters. The van der Waals surface area contributed by atoms with Gasteiger partial charge in [0, 0.05) is 30.3 Å². The summed E-state index contributed by atoms with van der Waals surface area (Å²) < 4.78 is 0. The Hall–Kier alpha value is -3.98. The second kappa shape index (κ2) is 9.23. The Kier molecular flexibility index (Phi) is 5.77. The molecule has 5 N–H and O–H groups in total. The van der Waals surface area contributed by atoms with E-state index in [2.05, 4.69) is 66.3 Å². The number of likely N-dealkylation sites (tertiary alicyclic amines) is 1. The van der Waals surface area contributed by atoms with Crippen molar-refractivity contribution in [3.63, 3.8) is 0 Å². The average Bonchev–Trinajstić information content (AvgIpc) is 3.36. The summed E-state index contributed by atoms with van der Waals surface area (Å²) in [6.07, 6.45) is 3.79. The van der Waals surface area contributed by atoms with Gasteiger partial charge < -0.3 is 21.3 Å². The lowest BCUT2D eigenvalue weighted by Crippen LogP contribution is -2.56. The van der Waals surface area contributed by atoms with Crippen molar-refractivity contribution in [1.29, 1.82) is 0 Å². The number of para-hydroxylation sites is 1. The molecular weight excluding hydrogens is 452 g/mol. The van der Waals surface area contributed by atoms with Crippen molar-refractivity contribution in [1.82, 2.24) is 30.6 Å². The standard InChI is InChI=1S/C27H30N8O/c28-23-17-20(24-25(30-23)33-34-32-24)19(18-7-2-1-3-8-18)9-6-14-35-15-12-27(13-16-35)21-10-4-5-11-22(21)29-26(36)31-27/h1-5,7-8,10-11,17,19H,6,9,12-16H2,(H2,29,31,36)(H3,28,30,32,33,34)/t19-/m1/s1. The topological polar surface area (TPSA) is 125 Å². The highest BCUT2D eigenvalue weighted by molar-refractivity contribution is 5.93. The first-order valence-corrected chi connectivity index (χ1v) is 12.5. The van der Waals surface area contributed by atoms with E-state index in [1.54, 1.807) is 0 Å². The Balaban J connectivity index is 1.16. The van der Waals surface area contributed by atoms with E-state index < -0.39 is 0 Å². The summed E-state index contributed by atoms with van der Waals surface area (Å²) in [5, 5.41) is 17.4. The van der Waals surface area contributed by atoms with Crippen LogP contribution in [0.5, 0.6) is 0 Å². The van der Waals surface area contributed by atoms with E-state index in [0.717, 1.165) is 62.1 Å². The molecule has 2 aliphatic rings. The quantitative estimate of drug-likeness (QED) is 0.330. The van der Waals surface area contributed by atoms with Crippen LogP contribution in [0.15, 0.2) is 60.7 Å². The van der Waals surface area contributed by atoms with Gasteiger partial charge in [-0.05, 0) is 55.5 Å². The molecular formula is C27H30N8O. The van der Waals surface area contributed by atoms with Gasteiger partial charge >= 0.3 is 6.03 Å². The highest BCUT2D eigenvalue weighted by atomic mass is 16.2. The van der Waals surface area contributed by atoms with Gasteiger partial charge in [-0.25, -0.2) is 9.78 Å². The van der Waals surface area contributed by atoms with Crippen LogP contribution in [0.25, 0.3) is 11.2 Å². The summed E-state index contributed by atoms with van der Waals surface area (Å²) in [4.78, 5) is 19.2. The maximum Gasteiger partial charge on any atom is 0.319 e. The zero-order chi connectivity index (χ0) is 24.5. The van der Waals surface area contributed by atoms with E-state index in [4.69, 9.17) is 5.73 Å². The molecule has 2 aromatic carbocycles. The number of pyridine rings is 1. The largest absolute Gasteiger partial charge is 0.384 e. The molecule has 0 unspecified atom stereocenters. The maximum atomic E-state index is 12.3. The summed E-state index contributed by atoms with van der Waals surface area (Å²) in [7, 11) is 0. The fourth-order valence-corrected chi connectivity index (χ4v) is 5.85. The number of fused-ring (bicyclic) bond motifs is 3. The van der Waals surface area contributed by atoms with Crippen molar-refractivity contribution in [3.05, 3.63) is 77.4 Å². The number of amides is 2. The normalized spacial score (nSPS) is 17.9. The highest BCUT2D eigenvalue weighted by Crippen LogP contribution is 2.40. The summed E-state index contributed by atoms with van der Waals surface area (Å²) in [6, 6.07) is 20.5. The van der Waals surface area contributed by atoms with Gasteiger partial charge in [-0.15, -0.1) is 5.10 Å². The molecule has 1 fully saturated rings. The molecule has 9 nitrogen and oxygen atoms in total. The molecule has 1 spiro atoms. The van der Waals surface area contributed by atoms with E-state index in [1.807, 2.05) is 30.3 Å². The number of aromatic amines is 1. The summed E-state index contributed by atoms with van der Waals surface area (Å²) in [6.45, 7) is 2.89. The van der Waals surface area contributed by atoms with Crippen molar-refractivity contribution in [2.75, 3.05) is 30.7 Å². The van der Waals surface area contributed by atoms with Gasteiger partial charge in [-0.3, -0.25) is 0 Å². The van der Waals surface area contributed by atoms with Gasteiger partial charge in [-0.2, -0.15) is 10.3 Å². The molecule has 4 heterocycles. The molecule has 36 heavy (non-hydrogen) atoms. The predicted molar refractivity (Wildman–Crippen MR) is 140 cm³/mol. The Bertz CT molecular complexity index is 1380. The lowest BCUT2D eigenvalue weighted by atomic mass is 9.79. The third-order valence-electron chi connectivity index (χ3n) is 7.64. The number of hydrogen-bond acceptors (Lipinski definition) is 6. The molecule has 2 amide bonds. The number of nitrogens with zero attached hydrogens (tertiary/aromatic N) is 4. The number of H-pyrrole nitrogens is 1. The number of carbonyl (C=O) groups excluding carboxylic acids is 1. The monoisotopic (exact) mass is 482 g/mol. The molecule has 1 saturated heterocycles. The van der Waals surface area contributed by atoms with E-state index >= 15 is 0 Å². The third kappa shape index (κ3) is 4.15. The number of nitrogen functional groups attached to an aromatic ring is 1. The van der Waals surface area contributed by atoms with Crippen molar-refractivity contribution in [2.45, 2.75) is 37.1 Å². The lowest BCUT2D eigenvalue weighted by molar-refractivity contribution is 0.135. The number of hydrogen-bond donors (Lipinski definition) is 4. The van der Waals surface area contributed by atoms with Crippen LogP contribution in [0.3, 0.4) is 0 Å².